The maximum atomic E-state index is 15.6. The molecule has 1 atom stereocenters. The highest BCUT2D eigenvalue weighted by atomic mass is 32.2. The minimum Gasteiger partial charge on any atom is -0.362 e. The van der Waals surface area contributed by atoms with E-state index in [0.29, 0.717) is 12.2 Å². The van der Waals surface area contributed by atoms with Crippen molar-refractivity contribution in [2.24, 2.45) is 0 Å². The Morgan fingerprint density at radius 2 is 2.20 bits per heavy atom. The fourth-order valence-electron chi connectivity index (χ4n) is 3.77. The Hall–Kier alpha value is -2.65. The number of halogens is 2. The van der Waals surface area contributed by atoms with Crippen molar-refractivity contribution in [3.8, 4) is 0 Å². The summed E-state index contributed by atoms with van der Waals surface area (Å²) >= 11 is 1.15. The van der Waals surface area contributed by atoms with Crippen LogP contribution in [0.4, 0.5) is 14.5 Å². The van der Waals surface area contributed by atoms with Crippen LogP contribution in [0.1, 0.15) is 41.7 Å². The molecule has 0 radical (unpaired) electrons. The monoisotopic (exact) mass is 431 g/mol. The summed E-state index contributed by atoms with van der Waals surface area (Å²) in [6.45, 7) is 3.36. The summed E-state index contributed by atoms with van der Waals surface area (Å²) in [6, 6.07) is 7.98. The highest BCUT2D eigenvalue weighted by Crippen LogP contribution is 2.38. The summed E-state index contributed by atoms with van der Waals surface area (Å²) in [6.07, 6.45) is 4.70. The van der Waals surface area contributed by atoms with Crippen LogP contribution in [0.3, 0.4) is 0 Å². The number of aromatic nitrogens is 2. The van der Waals surface area contributed by atoms with E-state index >= 15 is 4.39 Å². The van der Waals surface area contributed by atoms with Crippen molar-refractivity contribution in [2.75, 3.05) is 25.0 Å². The normalized spacial score (nSPS) is 16.6. The molecule has 9 heteroatoms. The standard InChI is InChI=1S/C21H23F2N5OS/c1-3-26(2)30-25-21(29)16-13-24-28-11-9-18(19(23)20(16)28)27-10-5-8-17(27)14-6-4-7-15(22)12-14/h4,6-7,9,11-13,17H,3,5,8,10H2,1-2H3,(H,25,29). The van der Waals surface area contributed by atoms with Gasteiger partial charge >= 0.3 is 0 Å². The van der Waals surface area contributed by atoms with Crippen LogP contribution in [-0.4, -0.2) is 40.0 Å². The molecule has 1 aliphatic heterocycles. The van der Waals surface area contributed by atoms with Gasteiger partial charge in [-0.1, -0.05) is 19.1 Å². The minimum atomic E-state index is -0.503. The van der Waals surface area contributed by atoms with Gasteiger partial charge in [0.25, 0.3) is 5.91 Å². The number of fused-ring (bicyclic) bond motifs is 1. The lowest BCUT2D eigenvalue weighted by Crippen LogP contribution is -2.25. The van der Waals surface area contributed by atoms with Crippen molar-refractivity contribution in [2.45, 2.75) is 25.8 Å². The molecule has 0 aliphatic carbocycles. The molecule has 1 amide bonds. The Kier molecular flexibility index (Phi) is 5.92. The Morgan fingerprint density at radius 3 is 2.97 bits per heavy atom. The van der Waals surface area contributed by atoms with E-state index in [0.717, 1.165) is 37.1 Å². The maximum Gasteiger partial charge on any atom is 0.266 e. The summed E-state index contributed by atoms with van der Waals surface area (Å²) in [5.41, 5.74) is 1.52. The van der Waals surface area contributed by atoms with Crippen LogP contribution in [-0.2, 0) is 0 Å². The smallest absolute Gasteiger partial charge is 0.266 e. The number of benzene rings is 1. The van der Waals surface area contributed by atoms with Crippen LogP contribution >= 0.6 is 12.1 Å². The first kappa shape index (κ1) is 20.6. The minimum absolute atomic E-state index is 0.119. The van der Waals surface area contributed by atoms with E-state index < -0.39 is 11.7 Å². The number of hydrogen-bond acceptors (Lipinski definition) is 5. The molecule has 4 rings (SSSR count). The van der Waals surface area contributed by atoms with Crippen LogP contribution in [0.15, 0.2) is 42.7 Å². The van der Waals surface area contributed by atoms with Gasteiger partial charge in [0.15, 0.2) is 5.82 Å². The maximum absolute atomic E-state index is 15.6. The van der Waals surface area contributed by atoms with Crippen LogP contribution in [0.25, 0.3) is 5.52 Å². The number of carbonyl (C=O) groups excluding carboxylic acids is 1. The van der Waals surface area contributed by atoms with Gasteiger partial charge in [0.2, 0.25) is 0 Å². The lowest BCUT2D eigenvalue weighted by Gasteiger charge is -2.28. The number of anilines is 1. The molecule has 1 fully saturated rings. The number of pyridine rings is 1. The highest BCUT2D eigenvalue weighted by molar-refractivity contribution is 7.95. The van der Waals surface area contributed by atoms with Gasteiger partial charge in [-0.3, -0.25) is 9.52 Å². The molecule has 0 bridgehead atoms. The van der Waals surface area contributed by atoms with E-state index in [2.05, 4.69) is 9.82 Å². The zero-order chi connectivity index (χ0) is 21.3. The first-order valence-corrected chi connectivity index (χ1v) is 10.6. The van der Waals surface area contributed by atoms with E-state index in [9.17, 15) is 9.18 Å². The largest absolute Gasteiger partial charge is 0.362 e. The zero-order valence-electron chi connectivity index (χ0n) is 16.8. The van der Waals surface area contributed by atoms with Gasteiger partial charge in [-0.05, 0) is 43.7 Å². The van der Waals surface area contributed by atoms with E-state index in [1.54, 1.807) is 18.3 Å². The van der Waals surface area contributed by atoms with Crippen molar-refractivity contribution in [1.29, 1.82) is 0 Å². The van der Waals surface area contributed by atoms with Gasteiger partial charge in [0.05, 0.1) is 23.5 Å². The second kappa shape index (κ2) is 8.61. The topological polar surface area (TPSA) is 52.9 Å². The lowest BCUT2D eigenvalue weighted by atomic mass is 10.0. The fraction of sp³-hybridized carbons (Fsp3) is 0.333. The lowest BCUT2D eigenvalue weighted by molar-refractivity contribution is 0.0984. The first-order valence-electron chi connectivity index (χ1n) is 9.86. The van der Waals surface area contributed by atoms with Crippen molar-refractivity contribution < 1.29 is 13.6 Å². The molecule has 30 heavy (non-hydrogen) atoms. The number of hydrogen-bond donors (Lipinski definition) is 1. The van der Waals surface area contributed by atoms with E-state index in [-0.39, 0.29) is 22.9 Å². The average molecular weight is 432 g/mol. The predicted octanol–water partition coefficient (Wildman–Crippen LogP) is 4.20. The second-order valence-electron chi connectivity index (χ2n) is 7.24. The van der Waals surface area contributed by atoms with Crippen LogP contribution in [0.5, 0.6) is 0 Å². The number of carbonyl (C=O) groups is 1. The summed E-state index contributed by atoms with van der Waals surface area (Å²) in [4.78, 5) is 14.6. The molecular formula is C21H23F2N5OS. The highest BCUT2D eigenvalue weighted by Gasteiger charge is 2.30. The molecule has 3 heterocycles. The fourth-order valence-corrected chi connectivity index (χ4v) is 4.25. The molecule has 158 valence electrons. The number of rotatable bonds is 6. The Bertz CT molecular complexity index is 1070. The summed E-state index contributed by atoms with van der Waals surface area (Å²) < 4.78 is 35.3. The predicted molar refractivity (Wildman–Crippen MR) is 114 cm³/mol. The van der Waals surface area contributed by atoms with E-state index in [1.165, 1.54) is 22.8 Å². The summed E-state index contributed by atoms with van der Waals surface area (Å²) in [5, 5.41) is 4.13. The van der Waals surface area contributed by atoms with E-state index in [4.69, 9.17) is 0 Å². The second-order valence-corrected chi connectivity index (χ2v) is 8.25. The molecule has 2 aromatic heterocycles. The third kappa shape index (κ3) is 3.87. The molecule has 1 aromatic carbocycles. The van der Waals surface area contributed by atoms with Crippen molar-refractivity contribution in [3.05, 3.63) is 65.5 Å². The van der Waals surface area contributed by atoms with Crippen molar-refractivity contribution >= 4 is 29.2 Å². The molecule has 1 aliphatic rings. The third-order valence-corrected chi connectivity index (χ3v) is 6.23. The molecule has 0 saturated carbocycles. The van der Waals surface area contributed by atoms with Crippen molar-refractivity contribution in [3.63, 3.8) is 0 Å². The number of nitrogens with one attached hydrogen (secondary N) is 1. The van der Waals surface area contributed by atoms with Crippen molar-refractivity contribution in [1.82, 2.24) is 18.6 Å². The molecule has 1 N–H and O–H groups in total. The number of amides is 1. The number of nitrogens with zero attached hydrogens (tertiary/aromatic N) is 4. The quantitative estimate of drug-likeness (QED) is 0.593. The van der Waals surface area contributed by atoms with Gasteiger partial charge in [-0.15, -0.1) is 0 Å². The summed E-state index contributed by atoms with van der Waals surface area (Å²) in [7, 11) is 1.85. The third-order valence-electron chi connectivity index (χ3n) is 5.38. The average Bonchev–Trinajstić information content (AvgIpc) is 3.39. The van der Waals surface area contributed by atoms with Gasteiger partial charge in [0, 0.05) is 31.4 Å². The summed E-state index contributed by atoms with van der Waals surface area (Å²) in [5.74, 6) is -1.22. The van der Waals surface area contributed by atoms with Gasteiger partial charge in [-0.25, -0.2) is 17.6 Å². The zero-order valence-corrected chi connectivity index (χ0v) is 17.6. The van der Waals surface area contributed by atoms with Gasteiger partial charge in [0.1, 0.15) is 11.3 Å². The molecule has 6 nitrogen and oxygen atoms in total. The Labute approximate surface area is 178 Å². The van der Waals surface area contributed by atoms with Crippen LogP contribution < -0.4 is 9.62 Å². The van der Waals surface area contributed by atoms with Crippen LogP contribution in [0.2, 0.25) is 0 Å². The Morgan fingerprint density at radius 1 is 1.37 bits per heavy atom. The Balaban J connectivity index is 1.68. The molecule has 1 saturated heterocycles. The van der Waals surface area contributed by atoms with Crippen LogP contribution in [0, 0.1) is 11.6 Å². The molecule has 3 aromatic rings. The van der Waals surface area contributed by atoms with Gasteiger partial charge in [-0.2, -0.15) is 5.10 Å². The molecule has 0 spiro atoms. The molecular weight excluding hydrogens is 408 g/mol. The first-order chi connectivity index (χ1) is 14.5. The van der Waals surface area contributed by atoms with E-state index in [1.807, 2.05) is 29.2 Å². The molecule has 1 unspecified atom stereocenters. The SMILES string of the molecule is CCN(C)SNC(=O)c1cnn2ccc(N3CCCC3c3cccc(F)c3)c(F)c12. The van der Waals surface area contributed by atoms with Gasteiger partial charge < -0.3 is 4.90 Å².